The molecule has 2 fully saturated rings. The van der Waals surface area contributed by atoms with Gasteiger partial charge in [-0.25, -0.2) is 0 Å². The lowest BCUT2D eigenvalue weighted by molar-refractivity contribution is -0.121. The van der Waals surface area contributed by atoms with E-state index < -0.39 is 0 Å². The maximum atomic E-state index is 12.0. The largest absolute Gasteiger partial charge is 0.487 e. The maximum Gasteiger partial charge on any atom is 0.234 e. The number of hydrogen-bond acceptors (Lipinski definition) is 5. The lowest BCUT2D eigenvalue weighted by Gasteiger charge is -2.47. The molecule has 2 unspecified atom stereocenters. The summed E-state index contributed by atoms with van der Waals surface area (Å²) in [6.07, 6.45) is 5.25. The van der Waals surface area contributed by atoms with Crippen LogP contribution in [0.1, 0.15) is 50.1 Å². The smallest absolute Gasteiger partial charge is 0.234 e. The van der Waals surface area contributed by atoms with Crippen LogP contribution in [0.15, 0.2) is 24.3 Å². The molecule has 3 heterocycles. The molecule has 3 aliphatic rings. The van der Waals surface area contributed by atoms with Gasteiger partial charge in [0.2, 0.25) is 5.91 Å². The first-order chi connectivity index (χ1) is 13.2. The Bertz CT molecular complexity index is 716. The molecule has 6 heteroatoms. The number of para-hydroxylation sites is 1. The van der Waals surface area contributed by atoms with Gasteiger partial charge < -0.3 is 19.7 Å². The zero-order chi connectivity index (χ0) is 18.7. The van der Waals surface area contributed by atoms with Crippen LogP contribution in [0.2, 0.25) is 0 Å². The Kier molecular flexibility index (Phi) is 5.33. The van der Waals surface area contributed by atoms with Gasteiger partial charge in [-0.15, -0.1) is 0 Å². The van der Waals surface area contributed by atoms with Crippen LogP contribution in [0.5, 0.6) is 5.75 Å². The Hall–Kier alpha value is -2.10. The van der Waals surface area contributed by atoms with Crippen molar-refractivity contribution < 1.29 is 14.3 Å². The minimum Gasteiger partial charge on any atom is -0.487 e. The highest BCUT2D eigenvalue weighted by atomic mass is 16.5. The van der Waals surface area contributed by atoms with Crippen LogP contribution < -0.4 is 10.1 Å². The van der Waals surface area contributed by atoms with Crippen molar-refractivity contribution in [3.8, 4) is 11.8 Å². The van der Waals surface area contributed by atoms with Crippen molar-refractivity contribution in [2.75, 3.05) is 26.2 Å². The summed E-state index contributed by atoms with van der Waals surface area (Å²) >= 11 is 0. The van der Waals surface area contributed by atoms with E-state index in [1.54, 1.807) is 0 Å². The summed E-state index contributed by atoms with van der Waals surface area (Å²) in [5.41, 5.74) is 0.766. The zero-order valence-electron chi connectivity index (χ0n) is 15.7. The summed E-state index contributed by atoms with van der Waals surface area (Å²) in [5.74, 6) is 0.642. The highest BCUT2D eigenvalue weighted by Gasteiger charge is 2.43. The van der Waals surface area contributed by atoms with Crippen molar-refractivity contribution in [1.82, 2.24) is 10.2 Å². The second-order valence-electron chi connectivity index (χ2n) is 7.92. The molecule has 1 N–H and O–H groups in total. The van der Waals surface area contributed by atoms with E-state index in [2.05, 4.69) is 10.2 Å². The van der Waals surface area contributed by atoms with Crippen LogP contribution >= 0.6 is 0 Å². The predicted molar refractivity (Wildman–Crippen MR) is 100 cm³/mol. The molecule has 0 bridgehead atoms. The van der Waals surface area contributed by atoms with Gasteiger partial charge in [-0.05, 0) is 31.7 Å². The molecule has 1 spiro atoms. The normalized spacial score (nSPS) is 26.8. The number of nitrogens with zero attached hydrogens (tertiary/aromatic N) is 2. The summed E-state index contributed by atoms with van der Waals surface area (Å²) in [6.45, 7) is 3.88. The van der Waals surface area contributed by atoms with Gasteiger partial charge in [-0.1, -0.05) is 18.2 Å². The summed E-state index contributed by atoms with van der Waals surface area (Å²) in [5, 5.41) is 11.8. The molecule has 0 aromatic heterocycles. The minimum absolute atomic E-state index is 0.0967. The molecule has 1 aromatic carbocycles. The molecule has 6 nitrogen and oxygen atoms in total. The number of piperidine rings is 1. The van der Waals surface area contributed by atoms with E-state index in [9.17, 15) is 4.79 Å². The molecule has 4 rings (SSSR count). The quantitative estimate of drug-likeness (QED) is 0.883. The van der Waals surface area contributed by atoms with E-state index in [0.29, 0.717) is 6.10 Å². The Morgan fingerprint density at radius 3 is 2.89 bits per heavy atom. The van der Waals surface area contributed by atoms with E-state index in [0.717, 1.165) is 56.8 Å². The number of ether oxygens (including phenoxy) is 2. The molecular weight excluding hydrogens is 342 g/mol. The lowest BCUT2D eigenvalue weighted by atomic mass is 9.80. The predicted octanol–water partition coefficient (Wildman–Crippen LogP) is 2.55. The van der Waals surface area contributed by atoms with Crippen LogP contribution in [-0.2, 0) is 9.53 Å². The number of amides is 1. The Balaban J connectivity index is 1.44. The number of nitriles is 1. The molecule has 1 amide bonds. The van der Waals surface area contributed by atoms with Crippen LogP contribution in [-0.4, -0.2) is 48.8 Å². The molecule has 0 radical (unpaired) electrons. The fourth-order valence-corrected chi connectivity index (χ4v) is 4.59. The molecule has 0 saturated carbocycles. The molecule has 0 aliphatic carbocycles. The molecule has 2 saturated heterocycles. The highest BCUT2D eigenvalue weighted by molar-refractivity contribution is 5.78. The van der Waals surface area contributed by atoms with Gasteiger partial charge in [-0.2, -0.15) is 5.26 Å². The Labute approximate surface area is 160 Å². The van der Waals surface area contributed by atoms with Gasteiger partial charge in [-0.3, -0.25) is 4.79 Å². The number of hydrogen-bond donors (Lipinski definition) is 1. The zero-order valence-corrected chi connectivity index (χ0v) is 15.7. The third-order valence-electron chi connectivity index (χ3n) is 6.02. The summed E-state index contributed by atoms with van der Waals surface area (Å²) in [4.78, 5) is 14.5. The number of carbonyl (C=O) groups excluding carboxylic acids is 1. The summed E-state index contributed by atoms with van der Waals surface area (Å²) in [7, 11) is 0. The van der Waals surface area contributed by atoms with E-state index >= 15 is 0 Å². The van der Waals surface area contributed by atoms with Gasteiger partial charge in [0.1, 0.15) is 17.8 Å². The first-order valence-corrected chi connectivity index (χ1v) is 9.96. The van der Waals surface area contributed by atoms with E-state index in [1.807, 2.05) is 30.3 Å². The second kappa shape index (κ2) is 7.87. The average molecular weight is 369 g/mol. The highest BCUT2D eigenvalue weighted by Crippen LogP contribution is 2.44. The van der Waals surface area contributed by atoms with Gasteiger partial charge in [0.15, 0.2) is 0 Å². The maximum absolute atomic E-state index is 12.0. The van der Waals surface area contributed by atoms with Gasteiger partial charge in [0.25, 0.3) is 0 Å². The molecule has 27 heavy (non-hydrogen) atoms. The monoisotopic (exact) mass is 369 g/mol. The van der Waals surface area contributed by atoms with Crippen molar-refractivity contribution in [3.05, 3.63) is 29.8 Å². The second-order valence-corrected chi connectivity index (χ2v) is 7.92. The third-order valence-corrected chi connectivity index (χ3v) is 6.02. The first-order valence-electron chi connectivity index (χ1n) is 9.96. The molecular formula is C21H27N3O3. The van der Waals surface area contributed by atoms with E-state index in [1.165, 1.54) is 12.8 Å². The topological polar surface area (TPSA) is 74.6 Å². The van der Waals surface area contributed by atoms with Gasteiger partial charge >= 0.3 is 0 Å². The summed E-state index contributed by atoms with van der Waals surface area (Å²) in [6, 6.07) is 9.76. The number of fused-ring (bicyclic) bond motifs is 1. The van der Waals surface area contributed by atoms with Crippen LogP contribution in [0, 0.1) is 11.3 Å². The number of benzene rings is 1. The molecule has 1 aromatic rings. The van der Waals surface area contributed by atoms with Crippen LogP contribution in [0.4, 0.5) is 0 Å². The standard InChI is InChI=1S/C21H27N3O3/c22-10-7-20(25)23-18-14-21(27-19-6-2-1-5-17(18)19)8-11-24(12-9-21)15-16-4-3-13-26-16/h1-2,5-6,16,18H,3-4,7-9,11-15H2,(H,23,25). The summed E-state index contributed by atoms with van der Waals surface area (Å²) < 4.78 is 12.3. The lowest BCUT2D eigenvalue weighted by Crippen LogP contribution is -2.53. The van der Waals surface area contributed by atoms with Gasteiger partial charge in [0, 0.05) is 38.2 Å². The van der Waals surface area contributed by atoms with Crippen molar-refractivity contribution >= 4 is 5.91 Å². The third kappa shape index (κ3) is 4.10. The molecule has 2 atom stereocenters. The van der Waals surface area contributed by atoms with Crippen molar-refractivity contribution in [2.45, 2.75) is 56.3 Å². The number of rotatable bonds is 4. The number of likely N-dealkylation sites (tertiary alicyclic amines) is 1. The van der Waals surface area contributed by atoms with E-state index in [4.69, 9.17) is 14.7 Å². The van der Waals surface area contributed by atoms with Crippen molar-refractivity contribution in [3.63, 3.8) is 0 Å². The molecule has 144 valence electrons. The Morgan fingerprint density at radius 1 is 1.33 bits per heavy atom. The fourth-order valence-electron chi connectivity index (χ4n) is 4.59. The van der Waals surface area contributed by atoms with Crippen LogP contribution in [0.25, 0.3) is 0 Å². The minimum atomic E-state index is -0.244. The average Bonchev–Trinajstić information content (AvgIpc) is 3.17. The Morgan fingerprint density at radius 2 is 2.15 bits per heavy atom. The fraction of sp³-hybridized carbons (Fsp3) is 0.619. The first kappa shape index (κ1) is 18.3. The van der Waals surface area contributed by atoms with E-state index in [-0.39, 0.29) is 24.0 Å². The van der Waals surface area contributed by atoms with Crippen molar-refractivity contribution in [2.24, 2.45) is 0 Å². The van der Waals surface area contributed by atoms with Crippen LogP contribution in [0.3, 0.4) is 0 Å². The SMILES string of the molecule is N#CCC(=O)NC1CC2(CCN(CC3CCCO3)CC2)Oc2ccccc21. The molecule has 3 aliphatic heterocycles. The van der Waals surface area contributed by atoms with Crippen molar-refractivity contribution in [1.29, 1.82) is 5.26 Å². The number of carbonyl (C=O) groups is 1. The van der Waals surface area contributed by atoms with Gasteiger partial charge in [0.05, 0.1) is 18.2 Å². The number of nitrogens with one attached hydrogen (secondary N) is 1.